The van der Waals surface area contributed by atoms with E-state index in [0.29, 0.717) is 5.39 Å². The van der Waals surface area contributed by atoms with E-state index in [4.69, 9.17) is 10.4 Å². The summed E-state index contributed by atoms with van der Waals surface area (Å²) in [7, 11) is 0. The van der Waals surface area contributed by atoms with Crippen molar-refractivity contribution in [1.29, 1.82) is 5.26 Å². The van der Waals surface area contributed by atoms with Crippen molar-refractivity contribution in [3.8, 4) is 6.07 Å². The van der Waals surface area contributed by atoms with Gasteiger partial charge in [-0.3, -0.25) is 4.79 Å². The van der Waals surface area contributed by atoms with Gasteiger partial charge in [-0.05, 0) is 36.4 Å². The molecule has 150 valence electrons. The molecule has 29 heavy (non-hydrogen) atoms. The normalized spacial score (nSPS) is 12.6. The summed E-state index contributed by atoms with van der Waals surface area (Å²) in [6.45, 7) is 0.245. The number of nitriles is 1. The first-order valence-corrected chi connectivity index (χ1v) is 8.51. The summed E-state index contributed by atoms with van der Waals surface area (Å²) < 4.78 is 53.7. The smallest absolute Gasteiger partial charge is 0.360 e. The van der Waals surface area contributed by atoms with E-state index >= 15 is 0 Å². The highest BCUT2D eigenvalue weighted by molar-refractivity contribution is 5.91. The number of alkyl halides is 4. The number of anilines is 1. The van der Waals surface area contributed by atoms with Crippen LogP contribution in [0.25, 0.3) is 10.9 Å². The summed E-state index contributed by atoms with van der Waals surface area (Å²) in [5.74, 6) is -0.500. The molecule has 1 amide bonds. The lowest BCUT2D eigenvalue weighted by Gasteiger charge is -2.12. The molecule has 0 bridgehead atoms. The van der Waals surface area contributed by atoms with Crippen molar-refractivity contribution in [2.75, 3.05) is 5.32 Å². The van der Waals surface area contributed by atoms with Gasteiger partial charge in [-0.1, -0.05) is 6.07 Å². The SMILES string of the molecule is N#Cc1ccc(NC(=O)CCn2ccc3cc([C@H](O)F)ccc32)cc1C(F)(F)F. The Morgan fingerprint density at radius 2 is 1.97 bits per heavy atom. The Kier molecular flexibility index (Phi) is 5.57. The molecule has 0 aliphatic heterocycles. The lowest BCUT2D eigenvalue weighted by Crippen LogP contribution is -2.15. The highest BCUT2D eigenvalue weighted by atomic mass is 19.4. The van der Waals surface area contributed by atoms with Crippen LogP contribution in [0.1, 0.15) is 29.5 Å². The number of aliphatic hydroxyl groups is 1. The molecular formula is C20H15F4N3O2. The fourth-order valence-corrected chi connectivity index (χ4v) is 2.96. The van der Waals surface area contributed by atoms with Gasteiger partial charge in [-0.2, -0.15) is 18.4 Å². The number of benzene rings is 2. The molecule has 5 nitrogen and oxygen atoms in total. The van der Waals surface area contributed by atoms with Gasteiger partial charge >= 0.3 is 6.18 Å². The summed E-state index contributed by atoms with van der Waals surface area (Å²) in [5, 5.41) is 20.9. The summed E-state index contributed by atoms with van der Waals surface area (Å²) in [5.41, 5.74) is -0.846. The topological polar surface area (TPSA) is 78.0 Å². The number of aryl methyl sites for hydroxylation is 1. The molecular weight excluding hydrogens is 390 g/mol. The van der Waals surface area contributed by atoms with Gasteiger partial charge in [0, 0.05) is 41.3 Å². The summed E-state index contributed by atoms with van der Waals surface area (Å²) in [4.78, 5) is 12.1. The predicted octanol–water partition coefficient (Wildman–Crippen LogP) is 4.52. The van der Waals surface area contributed by atoms with Crippen LogP contribution in [0.5, 0.6) is 0 Å². The van der Waals surface area contributed by atoms with Crippen LogP contribution in [-0.2, 0) is 17.5 Å². The Hall–Kier alpha value is -3.38. The molecule has 2 aromatic carbocycles. The Morgan fingerprint density at radius 3 is 2.62 bits per heavy atom. The third-order valence-corrected chi connectivity index (χ3v) is 4.38. The molecule has 0 fully saturated rings. The van der Waals surface area contributed by atoms with Crippen LogP contribution in [0.2, 0.25) is 0 Å². The van der Waals surface area contributed by atoms with Crippen molar-refractivity contribution in [2.24, 2.45) is 0 Å². The van der Waals surface area contributed by atoms with Gasteiger partial charge in [0.2, 0.25) is 12.3 Å². The molecule has 3 rings (SSSR count). The van der Waals surface area contributed by atoms with Crippen molar-refractivity contribution in [3.63, 3.8) is 0 Å². The standard InChI is InChI=1S/C20H15F4N3O2/c21-19(29)13-2-4-17-12(9-13)5-7-27(17)8-6-18(28)26-15-3-1-14(11-25)16(10-15)20(22,23)24/h1-5,7,9-10,19,29H,6,8H2,(H,26,28)/t19-/m0/s1. The second-order valence-corrected chi connectivity index (χ2v) is 6.33. The van der Waals surface area contributed by atoms with E-state index in [1.165, 1.54) is 24.3 Å². The molecule has 0 saturated heterocycles. The number of halogens is 4. The van der Waals surface area contributed by atoms with Crippen LogP contribution in [0.3, 0.4) is 0 Å². The first kappa shape index (κ1) is 20.4. The van der Waals surface area contributed by atoms with E-state index in [1.54, 1.807) is 22.9 Å². The van der Waals surface area contributed by atoms with Crippen molar-refractivity contribution in [3.05, 3.63) is 65.4 Å². The Bertz CT molecular complexity index is 1100. The molecule has 1 atom stereocenters. The molecule has 0 spiro atoms. The highest BCUT2D eigenvalue weighted by Crippen LogP contribution is 2.33. The van der Waals surface area contributed by atoms with E-state index in [0.717, 1.165) is 17.6 Å². The van der Waals surface area contributed by atoms with Crippen LogP contribution in [0.15, 0.2) is 48.7 Å². The minimum absolute atomic E-state index is 0.0153. The quantitative estimate of drug-likeness (QED) is 0.613. The molecule has 0 radical (unpaired) electrons. The zero-order valence-corrected chi connectivity index (χ0v) is 14.9. The minimum atomic E-state index is -4.71. The number of fused-ring (bicyclic) bond motifs is 1. The molecule has 0 saturated carbocycles. The Labute approximate surface area is 162 Å². The van der Waals surface area contributed by atoms with E-state index in [9.17, 15) is 22.4 Å². The zero-order valence-electron chi connectivity index (χ0n) is 14.9. The number of rotatable bonds is 5. The number of nitrogens with one attached hydrogen (secondary N) is 1. The number of aliphatic hydroxyl groups excluding tert-OH is 1. The number of amides is 1. The van der Waals surface area contributed by atoms with Crippen molar-refractivity contribution in [2.45, 2.75) is 25.5 Å². The van der Waals surface area contributed by atoms with Crippen LogP contribution in [0, 0.1) is 11.3 Å². The fraction of sp³-hybridized carbons (Fsp3) is 0.200. The summed E-state index contributed by atoms with van der Waals surface area (Å²) in [6, 6.07) is 10.7. The van der Waals surface area contributed by atoms with Gasteiger partial charge in [0.25, 0.3) is 0 Å². The van der Waals surface area contributed by atoms with Gasteiger partial charge in [-0.25, -0.2) is 4.39 Å². The van der Waals surface area contributed by atoms with E-state index in [-0.39, 0.29) is 24.2 Å². The number of carbonyl (C=O) groups is 1. The van der Waals surface area contributed by atoms with Gasteiger partial charge in [-0.15, -0.1) is 0 Å². The number of hydrogen-bond donors (Lipinski definition) is 2. The Balaban J connectivity index is 1.69. The monoisotopic (exact) mass is 405 g/mol. The second kappa shape index (κ2) is 7.93. The van der Waals surface area contributed by atoms with E-state index in [2.05, 4.69) is 5.32 Å². The second-order valence-electron chi connectivity index (χ2n) is 6.33. The van der Waals surface area contributed by atoms with Crippen LogP contribution >= 0.6 is 0 Å². The maximum atomic E-state index is 13.0. The van der Waals surface area contributed by atoms with Crippen LogP contribution in [0.4, 0.5) is 23.2 Å². The molecule has 0 aliphatic carbocycles. The first-order chi connectivity index (χ1) is 13.7. The van der Waals surface area contributed by atoms with Gasteiger partial charge in [0.15, 0.2) is 0 Å². The first-order valence-electron chi connectivity index (χ1n) is 8.51. The molecule has 1 heterocycles. The third-order valence-electron chi connectivity index (χ3n) is 4.38. The van der Waals surface area contributed by atoms with Crippen molar-refractivity contribution in [1.82, 2.24) is 4.57 Å². The highest BCUT2D eigenvalue weighted by Gasteiger charge is 2.33. The molecule has 9 heteroatoms. The predicted molar refractivity (Wildman–Crippen MR) is 97.4 cm³/mol. The lowest BCUT2D eigenvalue weighted by molar-refractivity contribution is -0.137. The number of carbonyl (C=O) groups excluding carboxylic acids is 1. The van der Waals surface area contributed by atoms with Gasteiger partial charge < -0.3 is 15.0 Å². The average molecular weight is 405 g/mol. The molecule has 0 aliphatic rings. The number of aromatic nitrogens is 1. The van der Waals surface area contributed by atoms with E-state index in [1.807, 2.05) is 0 Å². The average Bonchev–Trinajstić information content (AvgIpc) is 3.08. The fourth-order valence-electron chi connectivity index (χ4n) is 2.96. The van der Waals surface area contributed by atoms with Crippen molar-refractivity contribution >= 4 is 22.5 Å². The summed E-state index contributed by atoms with van der Waals surface area (Å²) >= 11 is 0. The molecule has 0 unspecified atom stereocenters. The lowest BCUT2D eigenvalue weighted by atomic mass is 10.1. The number of hydrogen-bond acceptors (Lipinski definition) is 3. The van der Waals surface area contributed by atoms with E-state index < -0.39 is 29.6 Å². The maximum Gasteiger partial charge on any atom is 0.417 e. The van der Waals surface area contributed by atoms with Crippen LogP contribution in [-0.4, -0.2) is 15.6 Å². The third kappa shape index (κ3) is 4.55. The minimum Gasteiger partial charge on any atom is -0.360 e. The molecule has 2 N–H and O–H groups in total. The summed E-state index contributed by atoms with van der Waals surface area (Å²) in [6.07, 6.45) is -5.11. The zero-order chi connectivity index (χ0) is 21.2. The number of nitrogens with zero attached hydrogens (tertiary/aromatic N) is 2. The molecule has 1 aromatic heterocycles. The largest absolute Gasteiger partial charge is 0.417 e. The Morgan fingerprint density at radius 1 is 1.21 bits per heavy atom. The van der Waals surface area contributed by atoms with Crippen LogP contribution < -0.4 is 5.32 Å². The van der Waals surface area contributed by atoms with Crippen molar-refractivity contribution < 1.29 is 27.5 Å². The van der Waals surface area contributed by atoms with Gasteiger partial charge in [0.1, 0.15) is 0 Å². The molecule has 3 aromatic rings. The van der Waals surface area contributed by atoms with Gasteiger partial charge in [0.05, 0.1) is 17.2 Å². The maximum absolute atomic E-state index is 13.0.